The molecule has 5 aromatic carbocycles. The molecule has 0 atom stereocenters. The van der Waals surface area contributed by atoms with Gasteiger partial charge in [-0.2, -0.15) is 0 Å². The molecule has 150 valence electrons. The van der Waals surface area contributed by atoms with Crippen LogP contribution >= 0.6 is 0 Å². The van der Waals surface area contributed by atoms with Gasteiger partial charge in [0.15, 0.2) is 17.5 Å². The predicted octanol–water partition coefficient (Wildman–Crippen LogP) is 7.18. The summed E-state index contributed by atoms with van der Waals surface area (Å²) >= 11 is 0. The normalized spacial score (nSPS) is 11.1. The van der Waals surface area contributed by atoms with Gasteiger partial charge >= 0.3 is 0 Å². The Morgan fingerprint density at radius 2 is 0.844 bits per heavy atom. The van der Waals surface area contributed by atoms with Crippen molar-refractivity contribution < 1.29 is 0 Å². The first kappa shape index (κ1) is 18.4. The van der Waals surface area contributed by atoms with Crippen molar-refractivity contribution in [3.8, 4) is 34.2 Å². The van der Waals surface area contributed by atoms with Crippen LogP contribution < -0.4 is 0 Å². The Hall–Kier alpha value is -4.37. The molecule has 32 heavy (non-hydrogen) atoms. The summed E-state index contributed by atoms with van der Waals surface area (Å²) in [6.45, 7) is 0. The molecular formula is C29H19N3. The lowest BCUT2D eigenvalue weighted by molar-refractivity contribution is 1.08. The minimum absolute atomic E-state index is 0.673. The van der Waals surface area contributed by atoms with Crippen molar-refractivity contribution in [1.29, 1.82) is 0 Å². The van der Waals surface area contributed by atoms with Gasteiger partial charge in [-0.25, -0.2) is 15.0 Å². The highest BCUT2D eigenvalue weighted by Crippen LogP contribution is 2.34. The van der Waals surface area contributed by atoms with E-state index in [2.05, 4.69) is 54.6 Å². The average Bonchev–Trinajstić information content (AvgIpc) is 2.89. The first-order valence-electron chi connectivity index (χ1n) is 10.6. The molecule has 3 heteroatoms. The van der Waals surface area contributed by atoms with Crippen LogP contribution in [0.25, 0.3) is 55.7 Å². The molecule has 0 aliphatic heterocycles. The zero-order valence-corrected chi connectivity index (χ0v) is 17.3. The van der Waals surface area contributed by atoms with Crippen molar-refractivity contribution >= 4 is 21.5 Å². The Morgan fingerprint density at radius 3 is 1.47 bits per heavy atom. The molecule has 0 radical (unpaired) electrons. The number of hydrogen-bond donors (Lipinski definition) is 0. The molecule has 0 spiro atoms. The Balaban J connectivity index is 1.67. The smallest absolute Gasteiger partial charge is 0.164 e. The summed E-state index contributed by atoms with van der Waals surface area (Å²) in [4.78, 5) is 14.7. The monoisotopic (exact) mass is 409 g/mol. The van der Waals surface area contributed by atoms with Gasteiger partial charge in [-0.1, -0.05) is 109 Å². The van der Waals surface area contributed by atoms with E-state index in [4.69, 9.17) is 15.0 Å². The summed E-state index contributed by atoms with van der Waals surface area (Å²) in [6.07, 6.45) is 0. The lowest BCUT2D eigenvalue weighted by Gasteiger charge is -2.12. The maximum atomic E-state index is 4.93. The number of rotatable bonds is 3. The van der Waals surface area contributed by atoms with E-state index in [0.717, 1.165) is 22.1 Å². The minimum atomic E-state index is 0.673. The standard InChI is InChI=1S/C29H19N3/c1-3-11-20(12-4-1)27-30-28(21-13-5-2-6-14-21)32-29(31-27)26-19-22-15-7-8-16-23(22)24-17-9-10-18-25(24)26/h1-19H. The molecule has 0 bridgehead atoms. The summed E-state index contributed by atoms with van der Waals surface area (Å²) in [5.41, 5.74) is 2.95. The molecule has 0 unspecified atom stereocenters. The molecule has 1 heterocycles. The van der Waals surface area contributed by atoms with Crippen LogP contribution in [0.5, 0.6) is 0 Å². The maximum Gasteiger partial charge on any atom is 0.164 e. The third-order valence-electron chi connectivity index (χ3n) is 5.71. The van der Waals surface area contributed by atoms with Gasteiger partial charge in [-0.15, -0.1) is 0 Å². The molecule has 0 aliphatic rings. The second-order valence-corrected chi connectivity index (χ2v) is 7.73. The first-order valence-corrected chi connectivity index (χ1v) is 10.6. The second-order valence-electron chi connectivity index (χ2n) is 7.73. The Bertz CT molecular complexity index is 1500. The van der Waals surface area contributed by atoms with Crippen LogP contribution in [0.15, 0.2) is 115 Å². The number of hydrogen-bond acceptors (Lipinski definition) is 3. The zero-order chi connectivity index (χ0) is 21.3. The molecular weight excluding hydrogens is 390 g/mol. The lowest BCUT2D eigenvalue weighted by atomic mass is 9.97. The molecule has 0 fully saturated rings. The minimum Gasteiger partial charge on any atom is -0.208 e. The third kappa shape index (κ3) is 3.21. The van der Waals surface area contributed by atoms with Gasteiger partial charge in [0, 0.05) is 16.7 Å². The predicted molar refractivity (Wildman–Crippen MR) is 131 cm³/mol. The summed E-state index contributed by atoms with van der Waals surface area (Å²) in [5.74, 6) is 2.03. The van der Waals surface area contributed by atoms with E-state index in [1.54, 1.807) is 0 Å². The van der Waals surface area contributed by atoms with Gasteiger partial charge < -0.3 is 0 Å². The van der Waals surface area contributed by atoms with Crippen LogP contribution in [-0.4, -0.2) is 15.0 Å². The number of fused-ring (bicyclic) bond motifs is 3. The summed E-state index contributed by atoms with van der Waals surface area (Å²) in [7, 11) is 0. The van der Waals surface area contributed by atoms with E-state index in [1.165, 1.54) is 16.2 Å². The highest BCUT2D eigenvalue weighted by atomic mass is 15.0. The molecule has 0 N–H and O–H groups in total. The van der Waals surface area contributed by atoms with Crippen molar-refractivity contribution in [3.05, 3.63) is 115 Å². The number of benzene rings is 5. The average molecular weight is 409 g/mol. The molecule has 0 saturated carbocycles. The van der Waals surface area contributed by atoms with Crippen molar-refractivity contribution in [2.45, 2.75) is 0 Å². The fraction of sp³-hybridized carbons (Fsp3) is 0. The van der Waals surface area contributed by atoms with Crippen LogP contribution in [0, 0.1) is 0 Å². The van der Waals surface area contributed by atoms with E-state index in [-0.39, 0.29) is 0 Å². The lowest BCUT2D eigenvalue weighted by Crippen LogP contribution is -2.00. The summed E-state index contributed by atoms with van der Waals surface area (Å²) in [5, 5.41) is 4.73. The quantitative estimate of drug-likeness (QED) is 0.291. The highest BCUT2D eigenvalue weighted by Gasteiger charge is 2.15. The van der Waals surface area contributed by atoms with Crippen LogP contribution in [-0.2, 0) is 0 Å². The molecule has 1 aromatic heterocycles. The largest absolute Gasteiger partial charge is 0.208 e. The van der Waals surface area contributed by atoms with Crippen molar-refractivity contribution in [3.63, 3.8) is 0 Å². The number of nitrogens with zero attached hydrogens (tertiary/aromatic N) is 3. The second kappa shape index (κ2) is 7.71. The third-order valence-corrected chi connectivity index (χ3v) is 5.71. The first-order chi connectivity index (χ1) is 15.9. The van der Waals surface area contributed by atoms with Gasteiger partial charge in [-0.3, -0.25) is 0 Å². The maximum absolute atomic E-state index is 4.93. The van der Waals surface area contributed by atoms with Crippen molar-refractivity contribution in [1.82, 2.24) is 15.0 Å². The molecule has 3 nitrogen and oxygen atoms in total. The summed E-state index contributed by atoms with van der Waals surface area (Å²) in [6, 6.07) is 39.3. The summed E-state index contributed by atoms with van der Waals surface area (Å²) < 4.78 is 0. The van der Waals surface area contributed by atoms with Crippen LogP contribution in [0.2, 0.25) is 0 Å². The molecule has 0 amide bonds. The van der Waals surface area contributed by atoms with Gasteiger partial charge in [-0.05, 0) is 27.6 Å². The van der Waals surface area contributed by atoms with Crippen LogP contribution in [0.1, 0.15) is 0 Å². The molecule has 0 saturated heterocycles. The molecule has 6 rings (SSSR count). The molecule has 0 aliphatic carbocycles. The van der Waals surface area contributed by atoms with Crippen molar-refractivity contribution in [2.75, 3.05) is 0 Å². The van der Waals surface area contributed by atoms with Gasteiger partial charge in [0.2, 0.25) is 0 Å². The van der Waals surface area contributed by atoms with E-state index >= 15 is 0 Å². The van der Waals surface area contributed by atoms with Crippen LogP contribution in [0.3, 0.4) is 0 Å². The Morgan fingerprint density at radius 1 is 0.375 bits per heavy atom. The molecule has 6 aromatic rings. The van der Waals surface area contributed by atoms with Gasteiger partial charge in [0.1, 0.15) is 0 Å². The number of aromatic nitrogens is 3. The zero-order valence-electron chi connectivity index (χ0n) is 17.3. The van der Waals surface area contributed by atoms with Crippen LogP contribution in [0.4, 0.5) is 0 Å². The topological polar surface area (TPSA) is 38.7 Å². The van der Waals surface area contributed by atoms with E-state index < -0.39 is 0 Å². The van der Waals surface area contributed by atoms with Crippen molar-refractivity contribution in [2.24, 2.45) is 0 Å². The van der Waals surface area contributed by atoms with Gasteiger partial charge in [0.05, 0.1) is 0 Å². The fourth-order valence-electron chi connectivity index (χ4n) is 4.17. The van der Waals surface area contributed by atoms with Gasteiger partial charge in [0.25, 0.3) is 0 Å². The van der Waals surface area contributed by atoms with E-state index in [1.807, 2.05) is 60.7 Å². The SMILES string of the molecule is c1ccc(-c2nc(-c3ccccc3)nc(-c3cc4ccccc4c4ccccc34)n2)cc1. The van der Waals surface area contributed by atoms with E-state index in [9.17, 15) is 0 Å². The fourth-order valence-corrected chi connectivity index (χ4v) is 4.17. The van der Waals surface area contributed by atoms with E-state index in [0.29, 0.717) is 17.5 Å². The highest BCUT2D eigenvalue weighted by molar-refractivity contribution is 6.13. The Labute approximate surface area is 186 Å². The Kier molecular flexibility index (Phi) is 4.43.